The first kappa shape index (κ1) is 12.6. The highest BCUT2D eigenvalue weighted by molar-refractivity contribution is 7.91. The fourth-order valence-electron chi connectivity index (χ4n) is 1.75. The van der Waals surface area contributed by atoms with Crippen molar-refractivity contribution in [3.05, 3.63) is 0 Å². The summed E-state index contributed by atoms with van der Waals surface area (Å²) in [6, 6.07) is -0.159. The predicted molar refractivity (Wildman–Crippen MR) is 59.6 cm³/mol. The van der Waals surface area contributed by atoms with Crippen molar-refractivity contribution in [1.82, 2.24) is 5.32 Å². The number of sulfone groups is 1. The number of carbonyl (C=O) groups is 1. The quantitative estimate of drug-likeness (QED) is 0.752. The van der Waals surface area contributed by atoms with Gasteiger partial charge in [-0.3, -0.25) is 4.79 Å². The number of ketones is 1. The van der Waals surface area contributed by atoms with Gasteiger partial charge in [-0.05, 0) is 6.42 Å². The molecule has 1 unspecified atom stereocenters. The van der Waals surface area contributed by atoms with Crippen molar-refractivity contribution in [1.29, 1.82) is 0 Å². The van der Waals surface area contributed by atoms with E-state index >= 15 is 0 Å². The molecule has 0 aliphatic carbocycles. The molecule has 0 saturated carbocycles. The van der Waals surface area contributed by atoms with Crippen molar-refractivity contribution in [2.75, 3.05) is 18.1 Å². The van der Waals surface area contributed by atoms with Gasteiger partial charge in [-0.25, -0.2) is 8.42 Å². The number of carbonyl (C=O) groups excluding carboxylic acids is 1. The van der Waals surface area contributed by atoms with E-state index in [1.807, 2.05) is 6.92 Å². The summed E-state index contributed by atoms with van der Waals surface area (Å²) in [5.74, 6) is 0.490. The third-order valence-corrected chi connectivity index (χ3v) is 4.32. The van der Waals surface area contributed by atoms with Gasteiger partial charge < -0.3 is 5.32 Å². The zero-order valence-electron chi connectivity index (χ0n) is 9.16. The van der Waals surface area contributed by atoms with Crippen LogP contribution in [0.5, 0.6) is 0 Å². The lowest BCUT2D eigenvalue weighted by Crippen LogP contribution is -2.45. The zero-order valence-corrected chi connectivity index (χ0v) is 9.98. The second kappa shape index (κ2) is 5.61. The van der Waals surface area contributed by atoms with Crippen LogP contribution in [-0.4, -0.2) is 38.3 Å². The first-order chi connectivity index (χ1) is 7.03. The van der Waals surface area contributed by atoms with E-state index in [1.165, 1.54) is 0 Å². The summed E-state index contributed by atoms with van der Waals surface area (Å²) in [4.78, 5) is 11.4. The summed E-state index contributed by atoms with van der Waals surface area (Å²) in [6.07, 6.45) is 2.84. The molecule has 0 aromatic carbocycles. The number of unbranched alkanes of at least 4 members (excludes halogenated alkanes) is 1. The van der Waals surface area contributed by atoms with E-state index in [-0.39, 0.29) is 23.3 Å². The van der Waals surface area contributed by atoms with E-state index in [2.05, 4.69) is 5.32 Å². The summed E-state index contributed by atoms with van der Waals surface area (Å²) >= 11 is 0. The molecule has 1 fully saturated rings. The van der Waals surface area contributed by atoms with E-state index in [0.29, 0.717) is 19.4 Å². The predicted octanol–water partition coefficient (Wildman–Crippen LogP) is 0.522. The highest BCUT2D eigenvalue weighted by Gasteiger charge is 2.25. The molecular weight excluding hydrogens is 214 g/mol. The molecule has 0 aromatic rings. The summed E-state index contributed by atoms with van der Waals surface area (Å²) < 4.78 is 22.6. The number of hydrogen-bond donors (Lipinski definition) is 1. The van der Waals surface area contributed by atoms with Gasteiger partial charge in [0.2, 0.25) is 0 Å². The zero-order chi connectivity index (χ0) is 11.3. The van der Waals surface area contributed by atoms with Gasteiger partial charge in [0.25, 0.3) is 0 Å². The van der Waals surface area contributed by atoms with Crippen LogP contribution in [0.15, 0.2) is 0 Å². The molecule has 0 amide bonds. The smallest absolute Gasteiger partial charge is 0.153 e. The van der Waals surface area contributed by atoms with Gasteiger partial charge in [0.05, 0.1) is 11.5 Å². The average Bonchev–Trinajstić information content (AvgIpc) is 2.13. The number of rotatable bonds is 5. The van der Waals surface area contributed by atoms with E-state index in [0.717, 1.165) is 12.8 Å². The van der Waals surface area contributed by atoms with Crippen molar-refractivity contribution >= 4 is 15.6 Å². The van der Waals surface area contributed by atoms with Crippen LogP contribution in [0.25, 0.3) is 0 Å². The molecule has 1 aliphatic rings. The molecule has 0 radical (unpaired) electrons. The Kier molecular flexibility index (Phi) is 4.73. The summed E-state index contributed by atoms with van der Waals surface area (Å²) in [6.45, 7) is 2.52. The highest BCUT2D eigenvalue weighted by atomic mass is 32.2. The van der Waals surface area contributed by atoms with Crippen molar-refractivity contribution in [2.24, 2.45) is 0 Å². The Bertz CT molecular complexity index is 311. The van der Waals surface area contributed by atoms with E-state index in [4.69, 9.17) is 0 Å². The van der Waals surface area contributed by atoms with Crippen LogP contribution >= 0.6 is 0 Å². The minimum atomic E-state index is -2.91. The molecule has 1 saturated heterocycles. The van der Waals surface area contributed by atoms with Gasteiger partial charge in [-0.15, -0.1) is 0 Å². The van der Waals surface area contributed by atoms with Crippen LogP contribution in [0.2, 0.25) is 0 Å². The molecule has 88 valence electrons. The van der Waals surface area contributed by atoms with Gasteiger partial charge in [-0.1, -0.05) is 13.3 Å². The van der Waals surface area contributed by atoms with Crippen LogP contribution in [0.3, 0.4) is 0 Å². The van der Waals surface area contributed by atoms with E-state index in [1.54, 1.807) is 0 Å². The Morgan fingerprint density at radius 3 is 2.80 bits per heavy atom. The highest BCUT2D eigenvalue weighted by Crippen LogP contribution is 2.08. The minimum absolute atomic E-state index is 0.116. The van der Waals surface area contributed by atoms with Crippen LogP contribution in [-0.2, 0) is 14.6 Å². The molecule has 0 bridgehead atoms. The Labute approximate surface area is 91.4 Å². The van der Waals surface area contributed by atoms with Gasteiger partial charge in [0, 0.05) is 25.4 Å². The van der Waals surface area contributed by atoms with Crippen molar-refractivity contribution in [3.63, 3.8) is 0 Å². The second-order valence-corrected chi connectivity index (χ2v) is 6.34. The van der Waals surface area contributed by atoms with Crippen LogP contribution in [0.1, 0.15) is 32.6 Å². The summed E-state index contributed by atoms with van der Waals surface area (Å²) in [7, 11) is -2.91. The molecular formula is C10H19NO3S. The van der Waals surface area contributed by atoms with Crippen LogP contribution in [0.4, 0.5) is 0 Å². The minimum Gasteiger partial charge on any atom is -0.312 e. The van der Waals surface area contributed by atoms with Crippen molar-refractivity contribution in [2.45, 2.75) is 38.6 Å². The first-order valence-corrected chi connectivity index (χ1v) is 7.31. The van der Waals surface area contributed by atoms with E-state index < -0.39 is 9.84 Å². The standard InChI is InChI=1S/C10H19NO3S/c1-2-3-4-10(12)7-9-8-15(13,14)6-5-11-9/h9,11H,2-8H2,1H3. The molecule has 5 heteroatoms. The number of nitrogens with one attached hydrogen (secondary N) is 1. The largest absolute Gasteiger partial charge is 0.312 e. The van der Waals surface area contributed by atoms with E-state index in [9.17, 15) is 13.2 Å². The fourth-order valence-corrected chi connectivity index (χ4v) is 3.19. The lowest BCUT2D eigenvalue weighted by molar-refractivity contribution is -0.119. The van der Waals surface area contributed by atoms with Gasteiger partial charge in [0.15, 0.2) is 9.84 Å². The van der Waals surface area contributed by atoms with Gasteiger partial charge in [0.1, 0.15) is 5.78 Å². The first-order valence-electron chi connectivity index (χ1n) is 5.49. The maximum Gasteiger partial charge on any atom is 0.153 e. The van der Waals surface area contributed by atoms with Crippen LogP contribution in [0, 0.1) is 0 Å². The molecule has 0 aromatic heterocycles. The second-order valence-electron chi connectivity index (χ2n) is 4.11. The third-order valence-electron chi connectivity index (χ3n) is 2.58. The maximum atomic E-state index is 11.4. The van der Waals surface area contributed by atoms with Crippen molar-refractivity contribution < 1.29 is 13.2 Å². The molecule has 1 rings (SSSR count). The Morgan fingerprint density at radius 2 is 2.20 bits per heavy atom. The molecule has 1 aliphatic heterocycles. The lowest BCUT2D eigenvalue weighted by atomic mass is 10.1. The van der Waals surface area contributed by atoms with Gasteiger partial charge >= 0.3 is 0 Å². The number of Topliss-reactive ketones (excluding diaryl/α,β-unsaturated/α-hetero) is 1. The molecule has 0 spiro atoms. The van der Waals surface area contributed by atoms with Crippen LogP contribution < -0.4 is 5.32 Å². The lowest BCUT2D eigenvalue weighted by Gasteiger charge is -2.22. The monoisotopic (exact) mass is 233 g/mol. The topological polar surface area (TPSA) is 63.2 Å². The third kappa shape index (κ3) is 4.75. The van der Waals surface area contributed by atoms with Gasteiger partial charge in [-0.2, -0.15) is 0 Å². The Hall–Kier alpha value is -0.420. The summed E-state index contributed by atoms with van der Waals surface area (Å²) in [5, 5.41) is 3.08. The molecule has 15 heavy (non-hydrogen) atoms. The summed E-state index contributed by atoms with van der Waals surface area (Å²) in [5.41, 5.74) is 0. The Balaban J connectivity index is 2.35. The van der Waals surface area contributed by atoms with Crippen molar-refractivity contribution in [3.8, 4) is 0 Å². The fraction of sp³-hybridized carbons (Fsp3) is 0.900. The number of hydrogen-bond acceptors (Lipinski definition) is 4. The molecule has 1 atom stereocenters. The molecule has 1 N–H and O–H groups in total. The average molecular weight is 233 g/mol. The Morgan fingerprint density at radius 1 is 1.47 bits per heavy atom. The SMILES string of the molecule is CCCCC(=O)CC1CS(=O)(=O)CCN1. The maximum absolute atomic E-state index is 11.4. The molecule has 4 nitrogen and oxygen atoms in total. The molecule has 1 heterocycles. The normalized spacial score (nSPS) is 25.0.